The van der Waals surface area contributed by atoms with Crippen molar-refractivity contribution in [2.24, 2.45) is 0 Å². The fourth-order valence-electron chi connectivity index (χ4n) is 1.29. The van der Waals surface area contributed by atoms with Crippen LogP contribution in [0.3, 0.4) is 0 Å². The van der Waals surface area contributed by atoms with Crippen LogP contribution in [0.1, 0.15) is 18.9 Å². The minimum atomic E-state index is -5.33. The Morgan fingerprint density at radius 2 is 1.94 bits per heavy atom. The first-order valence-electron chi connectivity index (χ1n) is 4.94. The molecule has 0 saturated heterocycles. The molecular formula is C10H12F3NO2S. The summed E-state index contributed by atoms with van der Waals surface area (Å²) in [5, 5.41) is 0. The van der Waals surface area contributed by atoms with Gasteiger partial charge in [-0.15, -0.1) is 0 Å². The predicted octanol–water partition coefficient (Wildman–Crippen LogP) is 2.90. The molecule has 0 spiro atoms. The molecule has 0 aliphatic rings. The molecule has 0 amide bonds. The Hall–Kier alpha value is -1.24. The molecule has 0 aliphatic heterocycles. The van der Waals surface area contributed by atoms with Gasteiger partial charge in [0.05, 0.1) is 0 Å². The summed E-state index contributed by atoms with van der Waals surface area (Å²) in [5.41, 5.74) is -4.59. The summed E-state index contributed by atoms with van der Waals surface area (Å²) < 4.78 is 59.6. The van der Waals surface area contributed by atoms with Gasteiger partial charge >= 0.3 is 15.5 Å². The van der Waals surface area contributed by atoms with Gasteiger partial charge in [-0.1, -0.05) is 25.5 Å². The SMILES string of the molecule is CCCc1cccc(NS(=O)(=O)C(F)(F)F)c1. The topological polar surface area (TPSA) is 46.2 Å². The zero-order chi connectivity index (χ0) is 13.1. The van der Waals surface area contributed by atoms with Crippen molar-refractivity contribution in [3.63, 3.8) is 0 Å². The van der Waals surface area contributed by atoms with Crippen molar-refractivity contribution in [3.05, 3.63) is 29.8 Å². The molecule has 0 fully saturated rings. The van der Waals surface area contributed by atoms with E-state index in [0.29, 0.717) is 6.42 Å². The third-order valence-corrected chi connectivity index (χ3v) is 3.14. The summed E-state index contributed by atoms with van der Waals surface area (Å²) >= 11 is 0. The Morgan fingerprint density at radius 3 is 2.47 bits per heavy atom. The average Bonchev–Trinajstić information content (AvgIpc) is 2.16. The summed E-state index contributed by atoms with van der Waals surface area (Å²) in [6.45, 7) is 1.92. The van der Waals surface area contributed by atoms with Crippen molar-refractivity contribution in [2.75, 3.05) is 4.72 Å². The standard InChI is InChI=1S/C10H12F3NO2S/c1-2-4-8-5-3-6-9(7-8)14-17(15,16)10(11,12)13/h3,5-7,14H,2,4H2,1H3. The lowest BCUT2D eigenvalue weighted by Gasteiger charge is -2.11. The van der Waals surface area contributed by atoms with Crippen molar-refractivity contribution in [3.8, 4) is 0 Å². The number of anilines is 1. The molecule has 0 heterocycles. The zero-order valence-corrected chi connectivity index (χ0v) is 9.90. The molecule has 3 nitrogen and oxygen atoms in total. The quantitative estimate of drug-likeness (QED) is 0.911. The number of sulfonamides is 1. The highest BCUT2D eigenvalue weighted by Crippen LogP contribution is 2.25. The number of hydrogen-bond donors (Lipinski definition) is 1. The van der Waals surface area contributed by atoms with Crippen LogP contribution in [0.2, 0.25) is 0 Å². The molecule has 1 aromatic rings. The van der Waals surface area contributed by atoms with Crippen LogP contribution < -0.4 is 4.72 Å². The van der Waals surface area contributed by atoms with E-state index in [1.165, 1.54) is 22.9 Å². The highest BCUT2D eigenvalue weighted by molar-refractivity contribution is 7.93. The van der Waals surface area contributed by atoms with Crippen LogP contribution in [0, 0.1) is 0 Å². The molecule has 7 heteroatoms. The fourth-order valence-corrected chi connectivity index (χ4v) is 1.85. The number of hydrogen-bond acceptors (Lipinski definition) is 2. The molecule has 1 aromatic carbocycles. The van der Waals surface area contributed by atoms with E-state index in [-0.39, 0.29) is 5.69 Å². The summed E-state index contributed by atoms with van der Waals surface area (Å²) in [5.74, 6) is 0. The maximum atomic E-state index is 12.1. The lowest BCUT2D eigenvalue weighted by atomic mass is 10.1. The van der Waals surface area contributed by atoms with Gasteiger partial charge < -0.3 is 0 Å². The van der Waals surface area contributed by atoms with E-state index in [2.05, 4.69) is 0 Å². The van der Waals surface area contributed by atoms with E-state index < -0.39 is 15.5 Å². The maximum Gasteiger partial charge on any atom is 0.516 e. The van der Waals surface area contributed by atoms with E-state index in [9.17, 15) is 21.6 Å². The van der Waals surface area contributed by atoms with Crippen molar-refractivity contribution >= 4 is 15.7 Å². The molecule has 0 radical (unpaired) electrons. The van der Waals surface area contributed by atoms with Crippen LogP contribution >= 0.6 is 0 Å². The van der Waals surface area contributed by atoms with Gasteiger partial charge in [0.15, 0.2) is 0 Å². The Morgan fingerprint density at radius 1 is 1.29 bits per heavy atom. The Labute approximate surface area is 97.7 Å². The highest BCUT2D eigenvalue weighted by Gasteiger charge is 2.45. The summed E-state index contributed by atoms with van der Waals surface area (Å²) in [6.07, 6.45) is 1.51. The van der Waals surface area contributed by atoms with Crippen molar-refractivity contribution in [1.82, 2.24) is 0 Å². The van der Waals surface area contributed by atoms with Crippen molar-refractivity contribution < 1.29 is 21.6 Å². The Kier molecular flexibility index (Phi) is 4.03. The van der Waals surface area contributed by atoms with Crippen LogP contribution in [0.15, 0.2) is 24.3 Å². The smallest absolute Gasteiger partial charge is 0.276 e. The van der Waals surface area contributed by atoms with Gasteiger partial charge in [-0.25, -0.2) is 0 Å². The zero-order valence-electron chi connectivity index (χ0n) is 9.08. The second-order valence-corrected chi connectivity index (χ2v) is 5.18. The van der Waals surface area contributed by atoms with Gasteiger partial charge in [0.1, 0.15) is 0 Å². The second kappa shape index (κ2) is 4.95. The number of rotatable bonds is 4. The highest BCUT2D eigenvalue weighted by atomic mass is 32.2. The molecule has 0 aliphatic carbocycles. The van der Waals surface area contributed by atoms with Gasteiger partial charge in [0.25, 0.3) is 0 Å². The number of benzene rings is 1. The molecule has 0 atom stereocenters. The molecule has 1 N–H and O–H groups in total. The summed E-state index contributed by atoms with van der Waals surface area (Å²) in [7, 11) is -5.33. The van der Waals surface area contributed by atoms with Crippen molar-refractivity contribution in [1.29, 1.82) is 0 Å². The normalized spacial score (nSPS) is 12.5. The van der Waals surface area contributed by atoms with Crippen LogP contribution in [0.25, 0.3) is 0 Å². The lowest BCUT2D eigenvalue weighted by molar-refractivity contribution is -0.0429. The van der Waals surface area contributed by atoms with Crippen LogP contribution in [-0.2, 0) is 16.4 Å². The minimum absolute atomic E-state index is 0.0757. The molecule has 0 saturated carbocycles. The predicted molar refractivity (Wildman–Crippen MR) is 59.0 cm³/mol. The monoisotopic (exact) mass is 267 g/mol. The number of halogens is 3. The fraction of sp³-hybridized carbons (Fsp3) is 0.400. The molecule has 17 heavy (non-hydrogen) atoms. The van der Waals surface area contributed by atoms with Crippen LogP contribution in [-0.4, -0.2) is 13.9 Å². The largest absolute Gasteiger partial charge is 0.516 e. The number of nitrogens with one attached hydrogen (secondary N) is 1. The molecule has 96 valence electrons. The Balaban J connectivity index is 2.93. The molecule has 1 rings (SSSR count). The summed E-state index contributed by atoms with van der Waals surface area (Å²) in [6, 6.07) is 5.92. The van der Waals surface area contributed by atoms with Gasteiger partial charge in [-0.2, -0.15) is 21.6 Å². The van der Waals surface area contributed by atoms with Gasteiger partial charge in [0.2, 0.25) is 0 Å². The maximum absolute atomic E-state index is 12.1. The van der Waals surface area contributed by atoms with Crippen molar-refractivity contribution in [2.45, 2.75) is 25.3 Å². The summed E-state index contributed by atoms with van der Waals surface area (Å²) in [4.78, 5) is 0. The van der Waals surface area contributed by atoms with E-state index in [1.54, 1.807) is 6.07 Å². The first-order valence-corrected chi connectivity index (χ1v) is 6.42. The van der Waals surface area contributed by atoms with Gasteiger partial charge in [0, 0.05) is 5.69 Å². The average molecular weight is 267 g/mol. The van der Waals surface area contributed by atoms with E-state index >= 15 is 0 Å². The third-order valence-electron chi connectivity index (χ3n) is 2.02. The number of alkyl halides is 3. The Bertz CT molecular complexity index is 483. The molecule has 0 unspecified atom stereocenters. The van der Waals surface area contributed by atoms with Gasteiger partial charge in [-0.3, -0.25) is 4.72 Å². The molecular weight excluding hydrogens is 255 g/mol. The lowest BCUT2D eigenvalue weighted by Crippen LogP contribution is -2.29. The third kappa shape index (κ3) is 3.62. The molecule has 0 bridgehead atoms. The minimum Gasteiger partial charge on any atom is -0.276 e. The first kappa shape index (κ1) is 13.8. The van der Waals surface area contributed by atoms with Gasteiger partial charge in [-0.05, 0) is 24.1 Å². The van der Waals surface area contributed by atoms with E-state index in [4.69, 9.17) is 0 Å². The van der Waals surface area contributed by atoms with Crippen LogP contribution in [0.5, 0.6) is 0 Å². The molecule has 0 aromatic heterocycles. The first-order chi connectivity index (χ1) is 7.76. The van der Waals surface area contributed by atoms with Crippen LogP contribution in [0.4, 0.5) is 18.9 Å². The second-order valence-electron chi connectivity index (χ2n) is 3.50. The van der Waals surface area contributed by atoms with E-state index in [1.807, 2.05) is 6.92 Å². The van der Waals surface area contributed by atoms with E-state index in [0.717, 1.165) is 12.0 Å². The number of aryl methyl sites for hydroxylation is 1.